The smallest absolute Gasteiger partial charge is 0.251 e. The topological polar surface area (TPSA) is 64.3 Å². The van der Waals surface area contributed by atoms with Gasteiger partial charge in [0.2, 0.25) is 0 Å². The van der Waals surface area contributed by atoms with Crippen LogP contribution in [0, 0.1) is 0 Å². The van der Waals surface area contributed by atoms with Crippen LogP contribution in [0.3, 0.4) is 0 Å². The Kier molecular flexibility index (Phi) is 6.52. The molecule has 20 heavy (non-hydrogen) atoms. The van der Waals surface area contributed by atoms with Crippen LogP contribution in [-0.2, 0) is 0 Å². The predicted molar refractivity (Wildman–Crippen MR) is 82.1 cm³/mol. The largest absolute Gasteiger partial charge is 0.494 e. The molecule has 1 rings (SSSR count). The van der Waals surface area contributed by atoms with Gasteiger partial charge >= 0.3 is 0 Å². The summed E-state index contributed by atoms with van der Waals surface area (Å²) in [6.07, 6.45) is 2.89. The summed E-state index contributed by atoms with van der Waals surface area (Å²) >= 11 is 0. The summed E-state index contributed by atoms with van der Waals surface area (Å²) in [7, 11) is 0. The zero-order valence-electron chi connectivity index (χ0n) is 12.7. The number of hydrogen-bond donors (Lipinski definition) is 2. The molecule has 4 heteroatoms. The zero-order valence-corrected chi connectivity index (χ0v) is 12.7. The summed E-state index contributed by atoms with van der Waals surface area (Å²) in [5.41, 5.74) is 5.89. The lowest BCUT2D eigenvalue weighted by Crippen LogP contribution is -2.44. The van der Waals surface area contributed by atoms with E-state index in [0.29, 0.717) is 18.7 Å². The lowest BCUT2D eigenvalue weighted by atomic mass is 10.00. The first-order chi connectivity index (χ1) is 9.48. The van der Waals surface area contributed by atoms with Crippen molar-refractivity contribution in [3.63, 3.8) is 0 Å². The van der Waals surface area contributed by atoms with Gasteiger partial charge in [-0.3, -0.25) is 4.79 Å². The van der Waals surface area contributed by atoms with Crippen LogP contribution in [0.4, 0.5) is 0 Å². The third kappa shape index (κ3) is 5.61. The minimum Gasteiger partial charge on any atom is -0.494 e. The van der Waals surface area contributed by atoms with Crippen molar-refractivity contribution in [2.24, 2.45) is 5.73 Å². The Labute approximate surface area is 121 Å². The minimum atomic E-state index is -0.290. The quantitative estimate of drug-likeness (QED) is 0.719. The van der Waals surface area contributed by atoms with Gasteiger partial charge in [-0.2, -0.15) is 0 Å². The zero-order chi connectivity index (χ0) is 15.0. The maximum atomic E-state index is 12.1. The molecule has 0 fully saturated rings. The summed E-state index contributed by atoms with van der Waals surface area (Å²) in [5.74, 6) is 0.722. The summed E-state index contributed by atoms with van der Waals surface area (Å²) in [6.45, 7) is 7.34. The number of carbonyl (C=O) groups is 1. The van der Waals surface area contributed by atoms with Crippen LogP contribution >= 0.6 is 0 Å². The van der Waals surface area contributed by atoms with Gasteiger partial charge in [0, 0.05) is 11.1 Å². The Morgan fingerprint density at radius 3 is 2.50 bits per heavy atom. The molecule has 0 aliphatic carbocycles. The van der Waals surface area contributed by atoms with Crippen molar-refractivity contribution in [1.29, 1.82) is 0 Å². The van der Waals surface area contributed by atoms with Gasteiger partial charge in [-0.25, -0.2) is 0 Å². The highest BCUT2D eigenvalue weighted by atomic mass is 16.5. The number of rotatable bonds is 8. The summed E-state index contributed by atoms with van der Waals surface area (Å²) in [6, 6.07) is 7.24. The summed E-state index contributed by atoms with van der Waals surface area (Å²) in [4.78, 5) is 12.1. The average molecular weight is 278 g/mol. The van der Waals surface area contributed by atoms with Crippen molar-refractivity contribution >= 4 is 5.91 Å². The number of unbranched alkanes of at least 4 members (excludes halogenated alkanes) is 1. The van der Waals surface area contributed by atoms with E-state index in [1.165, 1.54) is 0 Å². The van der Waals surface area contributed by atoms with Gasteiger partial charge in [-0.1, -0.05) is 13.3 Å². The fraction of sp³-hybridized carbons (Fsp3) is 0.562. The molecule has 0 spiro atoms. The Hall–Kier alpha value is -1.55. The van der Waals surface area contributed by atoms with E-state index < -0.39 is 0 Å². The SMILES string of the molecule is CCCCOc1ccc(C(=O)NC(C)(C)CCN)cc1. The standard InChI is InChI=1S/C16H26N2O2/c1-4-5-12-20-14-8-6-13(7-9-14)15(19)18-16(2,3)10-11-17/h6-9H,4-5,10-12,17H2,1-3H3,(H,18,19). The Bertz CT molecular complexity index is 413. The van der Waals surface area contributed by atoms with Crippen molar-refractivity contribution in [1.82, 2.24) is 5.32 Å². The molecule has 1 aromatic carbocycles. The molecule has 112 valence electrons. The summed E-state index contributed by atoms with van der Waals surface area (Å²) < 4.78 is 5.57. The van der Waals surface area contributed by atoms with Crippen molar-refractivity contribution in [3.8, 4) is 5.75 Å². The highest BCUT2D eigenvalue weighted by Gasteiger charge is 2.20. The Morgan fingerprint density at radius 2 is 1.95 bits per heavy atom. The second kappa shape index (κ2) is 7.90. The van der Waals surface area contributed by atoms with Gasteiger partial charge in [0.15, 0.2) is 0 Å². The van der Waals surface area contributed by atoms with E-state index >= 15 is 0 Å². The average Bonchev–Trinajstić information content (AvgIpc) is 2.39. The number of carbonyl (C=O) groups excluding carboxylic acids is 1. The third-order valence-corrected chi connectivity index (χ3v) is 3.10. The molecule has 3 N–H and O–H groups in total. The van der Waals surface area contributed by atoms with Gasteiger partial charge in [0.25, 0.3) is 5.91 Å². The van der Waals surface area contributed by atoms with Crippen LogP contribution in [0.5, 0.6) is 5.75 Å². The molecule has 4 nitrogen and oxygen atoms in total. The van der Waals surface area contributed by atoms with Crippen LogP contribution in [0.25, 0.3) is 0 Å². The van der Waals surface area contributed by atoms with Crippen LogP contribution < -0.4 is 15.8 Å². The number of ether oxygens (including phenoxy) is 1. The number of nitrogens with one attached hydrogen (secondary N) is 1. The molecule has 1 aromatic rings. The fourth-order valence-electron chi connectivity index (χ4n) is 1.84. The van der Waals surface area contributed by atoms with Gasteiger partial charge in [0.05, 0.1) is 6.61 Å². The molecule has 0 aliphatic rings. The van der Waals surface area contributed by atoms with E-state index in [1.54, 1.807) is 12.1 Å². The molecule has 0 aliphatic heterocycles. The highest BCUT2D eigenvalue weighted by molar-refractivity contribution is 5.94. The molecule has 1 amide bonds. The first-order valence-corrected chi connectivity index (χ1v) is 7.24. The van der Waals surface area contributed by atoms with Crippen molar-refractivity contribution in [3.05, 3.63) is 29.8 Å². The van der Waals surface area contributed by atoms with Crippen molar-refractivity contribution in [2.75, 3.05) is 13.2 Å². The second-order valence-electron chi connectivity index (χ2n) is 5.60. The molecule has 0 bridgehead atoms. The van der Waals surface area contributed by atoms with E-state index in [-0.39, 0.29) is 11.4 Å². The van der Waals surface area contributed by atoms with Crippen LogP contribution in [0.2, 0.25) is 0 Å². The molecular weight excluding hydrogens is 252 g/mol. The maximum Gasteiger partial charge on any atom is 0.251 e. The first kappa shape index (κ1) is 16.5. The number of amides is 1. The molecule has 0 atom stereocenters. The van der Waals surface area contributed by atoms with Crippen LogP contribution in [0.1, 0.15) is 50.4 Å². The van der Waals surface area contributed by atoms with Gasteiger partial charge in [0.1, 0.15) is 5.75 Å². The lowest BCUT2D eigenvalue weighted by molar-refractivity contribution is 0.0910. The Morgan fingerprint density at radius 1 is 1.30 bits per heavy atom. The minimum absolute atomic E-state index is 0.0800. The van der Waals surface area contributed by atoms with Crippen LogP contribution in [-0.4, -0.2) is 24.6 Å². The second-order valence-corrected chi connectivity index (χ2v) is 5.60. The molecule has 0 saturated heterocycles. The predicted octanol–water partition coefficient (Wildman–Crippen LogP) is 2.72. The number of hydrogen-bond acceptors (Lipinski definition) is 3. The molecule has 0 aromatic heterocycles. The molecule has 0 unspecified atom stereocenters. The van der Waals surface area contributed by atoms with Crippen LogP contribution in [0.15, 0.2) is 24.3 Å². The maximum absolute atomic E-state index is 12.1. The monoisotopic (exact) mass is 278 g/mol. The van der Waals surface area contributed by atoms with E-state index in [1.807, 2.05) is 26.0 Å². The molecule has 0 radical (unpaired) electrons. The lowest BCUT2D eigenvalue weighted by Gasteiger charge is -2.25. The fourth-order valence-corrected chi connectivity index (χ4v) is 1.84. The third-order valence-electron chi connectivity index (χ3n) is 3.10. The van der Waals surface area contributed by atoms with E-state index in [9.17, 15) is 4.79 Å². The highest BCUT2D eigenvalue weighted by Crippen LogP contribution is 2.14. The van der Waals surface area contributed by atoms with Gasteiger partial charge in [-0.05, 0) is 57.5 Å². The van der Waals surface area contributed by atoms with Gasteiger partial charge in [-0.15, -0.1) is 0 Å². The number of nitrogens with two attached hydrogens (primary N) is 1. The molecular formula is C16H26N2O2. The van der Waals surface area contributed by atoms with Crippen molar-refractivity contribution < 1.29 is 9.53 Å². The van der Waals surface area contributed by atoms with Gasteiger partial charge < -0.3 is 15.8 Å². The summed E-state index contributed by atoms with van der Waals surface area (Å²) in [5, 5.41) is 2.99. The Balaban J connectivity index is 2.57. The molecule has 0 heterocycles. The van der Waals surface area contributed by atoms with Crippen molar-refractivity contribution in [2.45, 2.75) is 45.6 Å². The van der Waals surface area contributed by atoms with E-state index in [2.05, 4.69) is 12.2 Å². The van der Waals surface area contributed by atoms with E-state index in [4.69, 9.17) is 10.5 Å². The van der Waals surface area contributed by atoms with E-state index in [0.717, 1.165) is 25.0 Å². The normalized spacial score (nSPS) is 11.2. The number of benzene rings is 1. The first-order valence-electron chi connectivity index (χ1n) is 7.24. The molecule has 0 saturated carbocycles.